The first kappa shape index (κ1) is 9.72. The van der Waals surface area contributed by atoms with E-state index in [-0.39, 0.29) is 18.2 Å². The van der Waals surface area contributed by atoms with Gasteiger partial charge in [-0.1, -0.05) is 32.1 Å². The highest BCUT2D eigenvalue weighted by atomic mass is 16.1. The number of carbonyl (C=O) groups is 1. The predicted molar refractivity (Wildman–Crippen MR) is 49.9 cm³/mol. The predicted octanol–water partition coefficient (Wildman–Crippen LogP) is 1.87. The molecule has 0 spiro atoms. The maximum atomic E-state index is 11.3. The van der Waals surface area contributed by atoms with Gasteiger partial charge in [-0.05, 0) is 12.8 Å². The van der Waals surface area contributed by atoms with E-state index in [1.165, 1.54) is 32.1 Å². The molecule has 0 unspecified atom stereocenters. The third-order valence-electron chi connectivity index (χ3n) is 2.76. The molecular formula is C10H19NO. The summed E-state index contributed by atoms with van der Waals surface area (Å²) in [4.78, 5) is 11.3. The van der Waals surface area contributed by atoms with Crippen molar-refractivity contribution in [1.82, 2.24) is 0 Å². The van der Waals surface area contributed by atoms with Gasteiger partial charge in [0.1, 0.15) is 5.78 Å². The summed E-state index contributed by atoms with van der Waals surface area (Å²) in [6, 6.07) is 0. The molecule has 0 bridgehead atoms. The summed E-state index contributed by atoms with van der Waals surface area (Å²) in [7, 11) is 0. The zero-order chi connectivity index (χ0) is 8.81. The van der Waals surface area contributed by atoms with Gasteiger partial charge in [-0.3, -0.25) is 4.79 Å². The lowest BCUT2D eigenvalue weighted by Gasteiger charge is -2.17. The molecule has 1 aliphatic carbocycles. The highest BCUT2D eigenvalue weighted by Crippen LogP contribution is 2.22. The number of Topliss-reactive ketones (excluding diaryl/α,β-unsaturated/α-hetero) is 1. The lowest BCUT2D eigenvalue weighted by Crippen LogP contribution is -2.23. The van der Waals surface area contributed by atoms with Crippen LogP contribution in [0.1, 0.15) is 44.9 Å². The zero-order valence-electron chi connectivity index (χ0n) is 7.72. The minimum absolute atomic E-state index is 0.241. The van der Waals surface area contributed by atoms with Gasteiger partial charge in [-0.15, -0.1) is 0 Å². The fourth-order valence-corrected chi connectivity index (χ4v) is 1.94. The minimum atomic E-state index is 0.241. The first-order valence-electron chi connectivity index (χ1n) is 5.07. The van der Waals surface area contributed by atoms with Gasteiger partial charge in [0.25, 0.3) is 0 Å². The van der Waals surface area contributed by atoms with Gasteiger partial charge in [0.2, 0.25) is 0 Å². The highest BCUT2D eigenvalue weighted by Gasteiger charge is 2.17. The van der Waals surface area contributed by atoms with Crippen molar-refractivity contribution in [2.75, 3.05) is 6.54 Å². The van der Waals surface area contributed by atoms with Crippen molar-refractivity contribution in [3.63, 3.8) is 0 Å². The highest BCUT2D eigenvalue weighted by molar-refractivity contribution is 5.82. The summed E-state index contributed by atoms with van der Waals surface area (Å²) in [5.74, 6) is 0.562. The molecule has 0 saturated heterocycles. The average molecular weight is 169 g/mol. The molecule has 1 rings (SSSR count). The average Bonchev–Trinajstić information content (AvgIpc) is 2.02. The molecule has 0 aromatic heterocycles. The molecule has 1 aliphatic rings. The Labute approximate surface area is 74.5 Å². The molecule has 70 valence electrons. The molecule has 0 aromatic rings. The summed E-state index contributed by atoms with van der Waals surface area (Å²) < 4.78 is 0. The molecule has 0 atom stereocenters. The fourth-order valence-electron chi connectivity index (χ4n) is 1.94. The molecule has 1 fully saturated rings. The quantitative estimate of drug-likeness (QED) is 0.685. The van der Waals surface area contributed by atoms with Crippen LogP contribution in [0.5, 0.6) is 0 Å². The van der Waals surface area contributed by atoms with E-state index in [1.54, 1.807) is 0 Å². The summed E-state index contributed by atoms with van der Waals surface area (Å²) in [6.45, 7) is 0.241. The lowest BCUT2D eigenvalue weighted by atomic mass is 9.88. The van der Waals surface area contributed by atoms with Crippen LogP contribution in [-0.4, -0.2) is 12.3 Å². The van der Waals surface area contributed by atoms with E-state index in [1.807, 2.05) is 0 Å². The van der Waals surface area contributed by atoms with Crippen LogP contribution >= 0.6 is 0 Å². The molecule has 2 N–H and O–H groups in total. The van der Waals surface area contributed by atoms with Gasteiger partial charge in [-0.25, -0.2) is 0 Å². The summed E-state index contributed by atoms with van der Waals surface area (Å²) in [5.41, 5.74) is 5.34. The molecule has 0 aliphatic heterocycles. The maximum absolute atomic E-state index is 11.3. The first-order chi connectivity index (χ1) is 5.84. The second-order valence-corrected chi connectivity index (χ2v) is 3.71. The Bertz CT molecular complexity index is 137. The summed E-state index contributed by atoms with van der Waals surface area (Å²) >= 11 is 0. The van der Waals surface area contributed by atoms with Crippen molar-refractivity contribution in [1.29, 1.82) is 0 Å². The minimum Gasteiger partial charge on any atom is -0.324 e. The van der Waals surface area contributed by atoms with Gasteiger partial charge in [0.05, 0.1) is 6.54 Å². The van der Waals surface area contributed by atoms with Gasteiger partial charge < -0.3 is 5.73 Å². The van der Waals surface area contributed by atoms with E-state index >= 15 is 0 Å². The van der Waals surface area contributed by atoms with Crippen LogP contribution in [0.4, 0.5) is 0 Å². The van der Waals surface area contributed by atoms with Crippen LogP contribution < -0.4 is 5.73 Å². The van der Waals surface area contributed by atoms with Crippen LogP contribution in [0.25, 0.3) is 0 Å². The molecular weight excluding hydrogens is 150 g/mol. The summed E-state index contributed by atoms with van der Waals surface area (Å²) in [6.07, 6.45) is 8.55. The molecule has 2 heteroatoms. The smallest absolute Gasteiger partial charge is 0.149 e. The van der Waals surface area contributed by atoms with Gasteiger partial charge in [-0.2, -0.15) is 0 Å². The Balaban J connectivity index is 2.34. The monoisotopic (exact) mass is 169 g/mol. The molecule has 0 radical (unpaired) electrons. The van der Waals surface area contributed by atoms with Crippen molar-refractivity contribution < 1.29 is 4.79 Å². The van der Waals surface area contributed by atoms with Crippen molar-refractivity contribution in [2.24, 2.45) is 11.7 Å². The van der Waals surface area contributed by atoms with E-state index < -0.39 is 0 Å². The first-order valence-corrected chi connectivity index (χ1v) is 5.07. The molecule has 12 heavy (non-hydrogen) atoms. The number of nitrogens with two attached hydrogens (primary N) is 1. The van der Waals surface area contributed by atoms with Crippen LogP contribution in [0.15, 0.2) is 0 Å². The van der Waals surface area contributed by atoms with Crippen molar-refractivity contribution in [2.45, 2.75) is 44.9 Å². The van der Waals surface area contributed by atoms with E-state index in [0.717, 1.165) is 12.8 Å². The standard InChI is InChI=1S/C10H19NO/c11-8-10(12)9-6-4-2-1-3-5-7-9/h9H,1-8,11H2. The van der Waals surface area contributed by atoms with Crippen LogP contribution in [0, 0.1) is 5.92 Å². The Morgan fingerprint density at radius 1 is 1.08 bits per heavy atom. The molecule has 1 saturated carbocycles. The van der Waals surface area contributed by atoms with Crippen LogP contribution in [-0.2, 0) is 4.79 Å². The third kappa shape index (κ3) is 2.94. The summed E-state index contributed by atoms with van der Waals surface area (Å²) in [5, 5.41) is 0. The van der Waals surface area contributed by atoms with E-state index in [0.29, 0.717) is 0 Å². The Hall–Kier alpha value is -0.370. The Morgan fingerprint density at radius 3 is 2.08 bits per heavy atom. The van der Waals surface area contributed by atoms with Crippen LogP contribution in [0.2, 0.25) is 0 Å². The van der Waals surface area contributed by atoms with Gasteiger partial charge >= 0.3 is 0 Å². The lowest BCUT2D eigenvalue weighted by molar-refractivity contribution is -0.122. The number of hydrogen-bond donors (Lipinski definition) is 1. The third-order valence-corrected chi connectivity index (χ3v) is 2.76. The van der Waals surface area contributed by atoms with Crippen molar-refractivity contribution in [3.05, 3.63) is 0 Å². The van der Waals surface area contributed by atoms with Gasteiger partial charge in [0, 0.05) is 5.92 Å². The van der Waals surface area contributed by atoms with Crippen LogP contribution in [0.3, 0.4) is 0 Å². The molecule has 0 aromatic carbocycles. The second-order valence-electron chi connectivity index (χ2n) is 3.71. The molecule has 0 amide bonds. The molecule has 0 heterocycles. The zero-order valence-corrected chi connectivity index (χ0v) is 7.72. The van der Waals surface area contributed by atoms with E-state index in [4.69, 9.17) is 5.73 Å². The Morgan fingerprint density at radius 2 is 1.58 bits per heavy atom. The number of rotatable bonds is 2. The van der Waals surface area contributed by atoms with E-state index in [2.05, 4.69) is 0 Å². The number of carbonyl (C=O) groups excluding carboxylic acids is 1. The SMILES string of the molecule is NCC(=O)C1CCCCCCC1. The van der Waals surface area contributed by atoms with Crippen molar-refractivity contribution in [3.8, 4) is 0 Å². The normalized spacial score (nSPS) is 21.4. The number of hydrogen-bond acceptors (Lipinski definition) is 2. The topological polar surface area (TPSA) is 43.1 Å². The number of ketones is 1. The molecule has 2 nitrogen and oxygen atoms in total. The Kier molecular flexibility index (Phi) is 4.30. The maximum Gasteiger partial charge on any atom is 0.149 e. The van der Waals surface area contributed by atoms with E-state index in [9.17, 15) is 4.79 Å². The second kappa shape index (κ2) is 5.31. The largest absolute Gasteiger partial charge is 0.324 e. The fraction of sp³-hybridized carbons (Fsp3) is 0.900. The van der Waals surface area contributed by atoms with Gasteiger partial charge in [0.15, 0.2) is 0 Å². The van der Waals surface area contributed by atoms with Crippen molar-refractivity contribution >= 4 is 5.78 Å².